The van der Waals surface area contributed by atoms with Crippen LogP contribution in [0.15, 0.2) is 23.1 Å². The molecular formula is C11H14N2O2. The Hall–Kier alpha value is -1.84. The van der Waals surface area contributed by atoms with Crippen LogP contribution in [0, 0.1) is 6.92 Å². The summed E-state index contributed by atoms with van der Waals surface area (Å²) in [5.41, 5.74) is 1.52. The molecule has 1 rings (SSSR count). The molecule has 0 aromatic carbocycles. The van der Waals surface area contributed by atoms with Gasteiger partial charge in [-0.25, -0.2) is 0 Å². The van der Waals surface area contributed by atoms with Crippen molar-refractivity contribution in [3.05, 3.63) is 39.8 Å². The van der Waals surface area contributed by atoms with Crippen molar-refractivity contribution < 1.29 is 4.79 Å². The predicted octanol–water partition coefficient (Wildman–Crippen LogP) is 0.833. The molecule has 0 fully saturated rings. The van der Waals surface area contributed by atoms with E-state index >= 15 is 0 Å². The molecule has 0 aliphatic rings. The summed E-state index contributed by atoms with van der Waals surface area (Å²) < 4.78 is 0. The Morgan fingerprint density at radius 1 is 1.60 bits per heavy atom. The third-order valence-corrected chi connectivity index (χ3v) is 1.89. The second kappa shape index (κ2) is 5.14. The summed E-state index contributed by atoms with van der Waals surface area (Å²) in [6, 6.07) is 1.79. The van der Waals surface area contributed by atoms with E-state index in [0.29, 0.717) is 12.1 Å². The second-order valence-electron chi connectivity index (χ2n) is 3.28. The van der Waals surface area contributed by atoms with Crippen molar-refractivity contribution in [2.45, 2.75) is 13.8 Å². The number of carbonyl (C=O) groups is 1. The Balaban J connectivity index is 2.61. The summed E-state index contributed by atoms with van der Waals surface area (Å²) in [6.45, 7) is 3.72. The third-order valence-electron chi connectivity index (χ3n) is 1.89. The molecule has 0 saturated heterocycles. The average Bonchev–Trinajstić information content (AvgIpc) is 2.18. The van der Waals surface area contributed by atoms with Crippen molar-refractivity contribution in [3.8, 4) is 0 Å². The van der Waals surface area contributed by atoms with Crippen molar-refractivity contribution in [2.24, 2.45) is 0 Å². The van der Waals surface area contributed by atoms with Gasteiger partial charge in [0.05, 0.1) is 0 Å². The fourth-order valence-electron chi connectivity index (χ4n) is 1.11. The predicted molar refractivity (Wildman–Crippen MR) is 59.5 cm³/mol. The Labute approximate surface area is 88.0 Å². The Morgan fingerprint density at radius 2 is 2.33 bits per heavy atom. The van der Waals surface area contributed by atoms with Gasteiger partial charge in [-0.3, -0.25) is 9.59 Å². The molecule has 0 atom stereocenters. The zero-order valence-corrected chi connectivity index (χ0v) is 8.83. The number of amides is 1. The van der Waals surface area contributed by atoms with E-state index in [4.69, 9.17) is 0 Å². The number of rotatable bonds is 3. The van der Waals surface area contributed by atoms with E-state index in [2.05, 4.69) is 10.3 Å². The van der Waals surface area contributed by atoms with Gasteiger partial charge in [0.15, 0.2) is 0 Å². The van der Waals surface area contributed by atoms with Crippen molar-refractivity contribution in [2.75, 3.05) is 6.54 Å². The fraction of sp³-hybridized carbons (Fsp3) is 0.273. The van der Waals surface area contributed by atoms with Gasteiger partial charge in [0.1, 0.15) is 0 Å². The van der Waals surface area contributed by atoms with E-state index in [1.807, 2.05) is 12.2 Å². The van der Waals surface area contributed by atoms with Crippen molar-refractivity contribution in [1.29, 1.82) is 0 Å². The molecule has 15 heavy (non-hydrogen) atoms. The minimum atomic E-state index is -0.0750. The van der Waals surface area contributed by atoms with Gasteiger partial charge in [0, 0.05) is 25.2 Å². The highest BCUT2D eigenvalue weighted by atomic mass is 16.1. The van der Waals surface area contributed by atoms with Crippen molar-refractivity contribution in [3.63, 3.8) is 0 Å². The lowest BCUT2D eigenvalue weighted by atomic mass is 10.2. The first-order chi connectivity index (χ1) is 7.09. The van der Waals surface area contributed by atoms with Gasteiger partial charge >= 0.3 is 0 Å². The number of pyridine rings is 1. The molecular weight excluding hydrogens is 192 g/mol. The van der Waals surface area contributed by atoms with E-state index in [9.17, 15) is 9.59 Å². The van der Waals surface area contributed by atoms with Crippen LogP contribution in [-0.4, -0.2) is 17.4 Å². The monoisotopic (exact) mass is 206 g/mol. The van der Waals surface area contributed by atoms with Crippen LogP contribution >= 0.6 is 0 Å². The summed E-state index contributed by atoms with van der Waals surface area (Å²) in [5, 5.41) is 2.64. The number of hydrogen-bond acceptors (Lipinski definition) is 2. The Bertz CT molecular complexity index is 432. The molecule has 0 radical (unpaired) electrons. The van der Waals surface area contributed by atoms with Crippen LogP contribution < -0.4 is 10.9 Å². The SMILES string of the molecule is CC(=O)NCC=Cc1c[nH]c(=O)c(C)c1. The van der Waals surface area contributed by atoms with E-state index in [-0.39, 0.29) is 11.5 Å². The first-order valence-corrected chi connectivity index (χ1v) is 4.70. The summed E-state index contributed by atoms with van der Waals surface area (Å²) in [6.07, 6.45) is 5.31. The molecule has 4 heteroatoms. The topological polar surface area (TPSA) is 62.0 Å². The lowest BCUT2D eigenvalue weighted by Gasteiger charge is -1.96. The molecule has 0 unspecified atom stereocenters. The normalized spacial score (nSPS) is 10.5. The first kappa shape index (κ1) is 11.2. The molecule has 2 N–H and O–H groups in total. The molecule has 0 aliphatic carbocycles. The molecule has 1 aromatic rings. The van der Waals surface area contributed by atoms with Crippen molar-refractivity contribution >= 4 is 12.0 Å². The van der Waals surface area contributed by atoms with Gasteiger partial charge in [0.25, 0.3) is 5.56 Å². The number of aromatic nitrogens is 1. The number of carbonyl (C=O) groups excluding carboxylic acids is 1. The summed E-state index contributed by atoms with van der Waals surface area (Å²) >= 11 is 0. The maximum Gasteiger partial charge on any atom is 0.250 e. The lowest BCUT2D eigenvalue weighted by Crippen LogP contribution is -2.19. The number of hydrogen-bond donors (Lipinski definition) is 2. The van der Waals surface area contributed by atoms with Crippen LogP contribution in [0.1, 0.15) is 18.1 Å². The van der Waals surface area contributed by atoms with Gasteiger partial charge in [-0.15, -0.1) is 0 Å². The number of aryl methyl sites for hydroxylation is 1. The van der Waals surface area contributed by atoms with E-state index in [0.717, 1.165) is 5.56 Å². The average molecular weight is 206 g/mol. The number of nitrogens with one attached hydrogen (secondary N) is 2. The standard InChI is InChI=1S/C11H14N2O2/c1-8-6-10(7-13-11(8)15)4-3-5-12-9(2)14/h3-4,6-7H,5H2,1-2H3,(H,12,14)(H,13,15). The Kier molecular flexibility index (Phi) is 3.85. The maximum absolute atomic E-state index is 11.1. The van der Waals surface area contributed by atoms with Gasteiger partial charge in [-0.1, -0.05) is 12.2 Å². The molecule has 1 amide bonds. The zero-order chi connectivity index (χ0) is 11.3. The summed E-state index contributed by atoms with van der Waals surface area (Å²) in [7, 11) is 0. The van der Waals surface area contributed by atoms with Crippen LogP contribution in [0.3, 0.4) is 0 Å². The molecule has 0 spiro atoms. The van der Waals surface area contributed by atoms with Crippen LogP contribution in [0.2, 0.25) is 0 Å². The van der Waals surface area contributed by atoms with Crippen LogP contribution in [0.4, 0.5) is 0 Å². The lowest BCUT2D eigenvalue weighted by molar-refractivity contribution is -0.118. The number of H-pyrrole nitrogens is 1. The molecule has 0 saturated carbocycles. The molecule has 0 bridgehead atoms. The molecule has 1 heterocycles. The zero-order valence-electron chi connectivity index (χ0n) is 8.83. The molecule has 80 valence electrons. The van der Waals surface area contributed by atoms with Gasteiger partial charge < -0.3 is 10.3 Å². The van der Waals surface area contributed by atoms with Crippen LogP contribution in [-0.2, 0) is 4.79 Å². The highest BCUT2D eigenvalue weighted by Gasteiger charge is 1.92. The minimum absolute atomic E-state index is 0.0581. The largest absolute Gasteiger partial charge is 0.353 e. The smallest absolute Gasteiger partial charge is 0.250 e. The highest BCUT2D eigenvalue weighted by molar-refractivity contribution is 5.73. The van der Waals surface area contributed by atoms with E-state index < -0.39 is 0 Å². The second-order valence-corrected chi connectivity index (χ2v) is 3.28. The quantitative estimate of drug-likeness (QED) is 0.769. The van der Waals surface area contributed by atoms with Crippen LogP contribution in [0.5, 0.6) is 0 Å². The number of aromatic amines is 1. The maximum atomic E-state index is 11.1. The summed E-state index contributed by atoms with van der Waals surface area (Å²) in [4.78, 5) is 24.2. The third kappa shape index (κ3) is 3.81. The van der Waals surface area contributed by atoms with Gasteiger partial charge in [-0.05, 0) is 18.6 Å². The summed E-state index contributed by atoms with van der Waals surface area (Å²) in [5.74, 6) is -0.0581. The van der Waals surface area contributed by atoms with Crippen LogP contribution in [0.25, 0.3) is 6.08 Å². The molecule has 1 aromatic heterocycles. The van der Waals surface area contributed by atoms with E-state index in [1.165, 1.54) is 6.92 Å². The van der Waals surface area contributed by atoms with Crippen molar-refractivity contribution in [1.82, 2.24) is 10.3 Å². The molecule has 0 aliphatic heterocycles. The molecule has 4 nitrogen and oxygen atoms in total. The minimum Gasteiger partial charge on any atom is -0.353 e. The van der Waals surface area contributed by atoms with Gasteiger partial charge in [0.2, 0.25) is 5.91 Å². The highest BCUT2D eigenvalue weighted by Crippen LogP contribution is 1.99. The first-order valence-electron chi connectivity index (χ1n) is 4.70. The Morgan fingerprint density at radius 3 is 2.93 bits per heavy atom. The fourth-order valence-corrected chi connectivity index (χ4v) is 1.11. The van der Waals surface area contributed by atoms with E-state index in [1.54, 1.807) is 19.2 Å². The van der Waals surface area contributed by atoms with Gasteiger partial charge in [-0.2, -0.15) is 0 Å².